The Kier molecular flexibility index (Phi) is 2.69. The molecule has 0 saturated heterocycles. The van der Waals surface area contributed by atoms with Crippen LogP contribution in [0.25, 0.3) is 0 Å². The summed E-state index contributed by atoms with van der Waals surface area (Å²) in [4.78, 5) is 11.5. The maximum absolute atomic E-state index is 12.7. The van der Waals surface area contributed by atoms with Crippen molar-refractivity contribution in [1.82, 2.24) is 5.32 Å². The Morgan fingerprint density at radius 3 is 2.53 bits per heavy atom. The van der Waals surface area contributed by atoms with E-state index in [4.69, 9.17) is 0 Å². The van der Waals surface area contributed by atoms with Gasteiger partial charge in [0, 0.05) is 5.69 Å². The highest BCUT2D eigenvalue weighted by atomic mass is 19.4. The third-order valence-corrected chi connectivity index (χ3v) is 3.87. The van der Waals surface area contributed by atoms with Crippen molar-refractivity contribution in [2.75, 3.05) is 5.32 Å². The number of nitrogens with one attached hydrogen (secondary N) is 2. The number of benzene rings is 1. The molecule has 1 fully saturated rings. The largest absolute Gasteiger partial charge is 0.416 e. The van der Waals surface area contributed by atoms with Crippen LogP contribution in [0.2, 0.25) is 0 Å². The number of hydrogen-bond acceptors (Lipinski definition) is 1. The molecule has 3 rings (SSSR count). The van der Waals surface area contributed by atoms with Crippen molar-refractivity contribution in [3.8, 4) is 0 Å². The Labute approximate surface area is 108 Å². The summed E-state index contributed by atoms with van der Waals surface area (Å²) >= 11 is 0. The zero-order valence-corrected chi connectivity index (χ0v) is 10.1. The van der Waals surface area contributed by atoms with Crippen LogP contribution in [0.1, 0.15) is 36.4 Å². The van der Waals surface area contributed by atoms with Crippen molar-refractivity contribution in [1.29, 1.82) is 0 Å². The van der Waals surface area contributed by atoms with Gasteiger partial charge < -0.3 is 10.6 Å². The quantitative estimate of drug-likeness (QED) is 0.803. The number of rotatable bonds is 1. The third-order valence-electron chi connectivity index (χ3n) is 3.87. The van der Waals surface area contributed by atoms with E-state index in [0.717, 1.165) is 37.0 Å². The van der Waals surface area contributed by atoms with E-state index >= 15 is 0 Å². The van der Waals surface area contributed by atoms with Gasteiger partial charge in [0.25, 0.3) is 0 Å². The smallest absolute Gasteiger partial charge is 0.331 e. The molecule has 6 heteroatoms. The molecule has 2 N–H and O–H groups in total. The zero-order chi connectivity index (χ0) is 13.6. The number of fused-ring (bicyclic) bond motifs is 1. The predicted octanol–water partition coefficient (Wildman–Crippen LogP) is 3.68. The molecular weight excluding hydrogens is 257 g/mol. The van der Waals surface area contributed by atoms with Crippen LogP contribution >= 0.6 is 0 Å². The summed E-state index contributed by atoms with van der Waals surface area (Å²) in [5.41, 5.74) is 0.286. The number of urea groups is 1. The van der Waals surface area contributed by atoms with Crippen molar-refractivity contribution in [2.45, 2.75) is 31.5 Å². The van der Waals surface area contributed by atoms with Gasteiger partial charge >= 0.3 is 12.2 Å². The topological polar surface area (TPSA) is 41.1 Å². The Bertz CT molecular complexity index is 523. The summed E-state index contributed by atoms with van der Waals surface area (Å²) in [6, 6.07) is 2.96. The minimum atomic E-state index is -4.39. The zero-order valence-electron chi connectivity index (χ0n) is 10.1. The number of carbonyl (C=O) groups excluding carboxylic acids is 1. The third kappa shape index (κ3) is 2.15. The molecule has 2 amide bonds. The van der Waals surface area contributed by atoms with Crippen LogP contribution in [0.3, 0.4) is 0 Å². The van der Waals surface area contributed by atoms with Crippen LogP contribution in [-0.2, 0) is 6.18 Å². The first-order chi connectivity index (χ1) is 8.95. The molecule has 19 heavy (non-hydrogen) atoms. The van der Waals surface area contributed by atoms with Crippen molar-refractivity contribution in [3.63, 3.8) is 0 Å². The van der Waals surface area contributed by atoms with E-state index in [2.05, 4.69) is 10.6 Å². The predicted molar refractivity (Wildman–Crippen MR) is 63.7 cm³/mol. The molecular formula is C13H13F3N2O. The molecule has 3 nitrogen and oxygen atoms in total. The molecule has 1 atom stereocenters. The van der Waals surface area contributed by atoms with Crippen molar-refractivity contribution >= 4 is 11.7 Å². The normalized spacial score (nSPS) is 23.1. The number of halogens is 3. The summed E-state index contributed by atoms with van der Waals surface area (Å²) in [5.74, 6) is 0.335. The first kappa shape index (κ1) is 12.3. The van der Waals surface area contributed by atoms with E-state index in [0.29, 0.717) is 5.92 Å². The summed E-state index contributed by atoms with van der Waals surface area (Å²) < 4.78 is 38.0. The second-order valence-corrected chi connectivity index (χ2v) is 5.07. The van der Waals surface area contributed by atoms with Gasteiger partial charge in [-0.2, -0.15) is 13.2 Å². The molecule has 1 aromatic rings. The van der Waals surface area contributed by atoms with Crippen LogP contribution in [0.4, 0.5) is 23.7 Å². The lowest BCUT2D eigenvalue weighted by Gasteiger charge is -2.38. The highest BCUT2D eigenvalue weighted by Gasteiger charge is 2.36. The van der Waals surface area contributed by atoms with Gasteiger partial charge in [-0.3, -0.25) is 0 Å². The van der Waals surface area contributed by atoms with Gasteiger partial charge in [0.2, 0.25) is 0 Å². The van der Waals surface area contributed by atoms with Crippen LogP contribution in [0.15, 0.2) is 18.2 Å². The fourth-order valence-corrected chi connectivity index (χ4v) is 2.63. The second-order valence-electron chi connectivity index (χ2n) is 5.07. The van der Waals surface area contributed by atoms with Crippen molar-refractivity contribution in [2.24, 2.45) is 5.92 Å². The van der Waals surface area contributed by atoms with E-state index < -0.39 is 17.8 Å². The van der Waals surface area contributed by atoms with Gasteiger partial charge in [0.15, 0.2) is 0 Å². The average molecular weight is 270 g/mol. The highest BCUT2D eigenvalue weighted by molar-refractivity contribution is 5.93. The number of anilines is 1. The van der Waals surface area contributed by atoms with Gasteiger partial charge in [0.05, 0.1) is 11.6 Å². The van der Waals surface area contributed by atoms with Gasteiger partial charge in [0.1, 0.15) is 0 Å². The Morgan fingerprint density at radius 1 is 1.21 bits per heavy atom. The molecule has 1 heterocycles. The van der Waals surface area contributed by atoms with Gasteiger partial charge in [-0.05, 0) is 36.5 Å². The molecule has 0 aromatic heterocycles. The fourth-order valence-electron chi connectivity index (χ4n) is 2.63. The number of hydrogen-bond donors (Lipinski definition) is 2. The summed E-state index contributed by atoms with van der Waals surface area (Å²) in [5, 5.41) is 5.26. The number of amides is 2. The number of carbonyl (C=O) groups is 1. The summed E-state index contributed by atoms with van der Waals surface area (Å²) in [7, 11) is 0. The van der Waals surface area contributed by atoms with E-state index in [1.165, 1.54) is 6.07 Å². The monoisotopic (exact) mass is 270 g/mol. The Morgan fingerprint density at radius 2 is 1.95 bits per heavy atom. The second kappa shape index (κ2) is 4.15. The molecule has 0 radical (unpaired) electrons. The fraction of sp³-hybridized carbons (Fsp3) is 0.462. The maximum Gasteiger partial charge on any atom is 0.416 e. The Balaban J connectivity index is 1.99. The van der Waals surface area contributed by atoms with Gasteiger partial charge in [-0.25, -0.2) is 4.79 Å². The standard InChI is InChI=1S/C13H13F3N2O/c14-13(15,16)8-4-5-9-10(6-8)17-12(19)18-11(9)7-2-1-3-7/h4-7,11H,1-3H2,(H2,17,18,19). The minimum absolute atomic E-state index is 0.167. The lowest BCUT2D eigenvalue weighted by Crippen LogP contribution is -2.42. The van der Waals surface area contributed by atoms with Crippen LogP contribution in [0, 0.1) is 5.92 Å². The van der Waals surface area contributed by atoms with Crippen molar-refractivity contribution < 1.29 is 18.0 Å². The molecule has 1 aromatic carbocycles. The lowest BCUT2D eigenvalue weighted by molar-refractivity contribution is -0.137. The SMILES string of the molecule is O=C1Nc2cc(C(F)(F)F)ccc2C(C2CCC2)N1. The van der Waals surface area contributed by atoms with Crippen molar-refractivity contribution in [3.05, 3.63) is 29.3 Å². The molecule has 102 valence electrons. The average Bonchev–Trinajstić information content (AvgIpc) is 2.24. The highest BCUT2D eigenvalue weighted by Crippen LogP contribution is 2.43. The number of alkyl halides is 3. The van der Waals surface area contributed by atoms with Gasteiger partial charge in [-0.1, -0.05) is 12.5 Å². The summed E-state index contributed by atoms with van der Waals surface area (Å²) in [6.45, 7) is 0. The molecule has 1 aliphatic carbocycles. The van der Waals surface area contributed by atoms with E-state index in [1.807, 2.05) is 0 Å². The van der Waals surface area contributed by atoms with E-state index in [-0.39, 0.29) is 11.7 Å². The van der Waals surface area contributed by atoms with Crippen LogP contribution in [0.5, 0.6) is 0 Å². The molecule has 1 aliphatic heterocycles. The van der Waals surface area contributed by atoms with Gasteiger partial charge in [-0.15, -0.1) is 0 Å². The minimum Gasteiger partial charge on any atom is -0.331 e. The first-order valence-corrected chi connectivity index (χ1v) is 6.24. The summed E-state index contributed by atoms with van der Waals surface area (Å²) in [6.07, 6.45) is -1.27. The Hall–Kier alpha value is -1.72. The van der Waals surface area contributed by atoms with Crippen LogP contribution < -0.4 is 10.6 Å². The van der Waals surface area contributed by atoms with E-state index in [1.54, 1.807) is 0 Å². The first-order valence-electron chi connectivity index (χ1n) is 6.24. The molecule has 0 spiro atoms. The molecule has 2 aliphatic rings. The molecule has 1 unspecified atom stereocenters. The van der Waals surface area contributed by atoms with Crippen LogP contribution in [-0.4, -0.2) is 6.03 Å². The van der Waals surface area contributed by atoms with E-state index in [9.17, 15) is 18.0 Å². The molecule has 1 saturated carbocycles. The maximum atomic E-state index is 12.7. The lowest BCUT2D eigenvalue weighted by atomic mass is 9.76. The molecule has 0 bridgehead atoms.